The first-order valence-electron chi connectivity index (χ1n) is 9.42. The summed E-state index contributed by atoms with van der Waals surface area (Å²) in [5, 5.41) is 6.25. The number of amides is 1. The van der Waals surface area contributed by atoms with Crippen molar-refractivity contribution < 1.29 is 23.4 Å². The van der Waals surface area contributed by atoms with E-state index in [4.69, 9.17) is 13.8 Å². The lowest BCUT2D eigenvalue weighted by molar-refractivity contribution is -0.118. The smallest absolute Gasteiger partial charge is 0.411 e. The van der Waals surface area contributed by atoms with Gasteiger partial charge in [-0.3, -0.25) is 9.59 Å². The van der Waals surface area contributed by atoms with Crippen LogP contribution >= 0.6 is 0 Å². The van der Waals surface area contributed by atoms with Gasteiger partial charge in [0.25, 0.3) is 5.91 Å². The molecule has 1 aromatic rings. The predicted octanol–water partition coefficient (Wildman–Crippen LogP) is 2.79. The molecule has 1 aromatic heterocycles. The number of nitrogens with one attached hydrogen (secondary N) is 1. The van der Waals surface area contributed by atoms with Crippen LogP contribution in [-0.2, 0) is 14.1 Å². The second-order valence-corrected chi connectivity index (χ2v) is 7.31. The molecule has 2 rings (SSSR count). The molecule has 8 heteroatoms. The molecule has 1 saturated heterocycles. The van der Waals surface area contributed by atoms with Gasteiger partial charge < -0.3 is 19.1 Å². The third-order valence-electron chi connectivity index (χ3n) is 4.31. The molecular formula is C18H29BN2O5. The first-order chi connectivity index (χ1) is 12.5. The molecular weight excluding hydrogens is 335 g/mol. The fourth-order valence-electron chi connectivity index (χ4n) is 3.10. The average Bonchev–Trinajstić information content (AvgIpc) is 2.98. The van der Waals surface area contributed by atoms with Crippen molar-refractivity contribution in [1.29, 1.82) is 0 Å². The molecule has 1 fully saturated rings. The van der Waals surface area contributed by atoms with Gasteiger partial charge in [0.2, 0.25) is 0 Å². The minimum Gasteiger partial charge on any atom is -0.411 e. The Kier molecular flexibility index (Phi) is 8.32. The number of hydrogen-bond donors (Lipinski definition) is 1. The van der Waals surface area contributed by atoms with Crippen LogP contribution in [-0.4, -0.2) is 43.7 Å². The quantitative estimate of drug-likeness (QED) is 0.714. The summed E-state index contributed by atoms with van der Waals surface area (Å²) in [5.41, 5.74) is 0.181. The number of ketones is 1. The molecule has 0 unspecified atom stereocenters. The summed E-state index contributed by atoms with van der Waals surface area (Å²) in [6.07, 6.45) is 4.31. The van der Waals surface area contributed by atoms with Gasteiger partial charge in [-0.1, -0.05) is 19.0 Å². The van der Waals surface area contributed by atoms with Gasteiger partial charge in [-0.05, 0) is 38.5 Å². The zero-order valence-corrected chi connectivity index (χ0v) is 16.0. The van der Waals surface area contributed by atoms with E-state index >= 15 is 0 Å². The third kappa shape index (κ3) is 6.92. The van der Waals surface area contributed by atoms with Crippen molar-refractivity contribution in [3.63, 3.8) is 0 Å². The molecule has 1 aliphatic rings. The topological polar surface area (TPSA) is 90.7 Å². The van der Waals surface area contributed by atoms with E-state index in [-0.39, 0.29) is 31.0 Å². The number of carbonyl (C=O) groups is 2. The predicted molar refractivity (Wildman–Crippen MR) is 97.9 cm³/mol. The van der Waals surface area contributed by atoms with E-state index < -0.39 is 5.91 Å². The number of nitrogens with zero attached hydrogens (tertiary/aromatic N) is 1. The summed E-state index contributed by atoms with van der Waals surface area (Å²) in [7, 11) is -0.351. The van der Waals surface area contributed by atoms with E-state index in [1.807, 2.05) is 0 Å². The van der Waals surface area contributed by atoms with Crippen molar-refractivity contribution in [3.05, 3.63) is 17.5 Å². The zero-order chi connectivity index (χ0) is 18.9. The Bertz CT molecular complexity index is 582. The number of rotatable bonds is 8. The number of Topliss-reactive ketones (excluding diaryl/α,β-unsaturated/α-hetero) is 1. The van der Waals surface area contributed by atoms with Gasteiger partial charge in [0.1, 0.15) is 5.76 Å². The van der Waals surface area contributed by atoms with Crippen molar-refractivity contribution in [2.45, 2.75) is 58.7 Å². The molecule has 0 radical (unpaired) electrons. The average molecular weight is 364 g/mol. The lowest BCUT2D eigenvalue weighted by atomic mass is 9.65. The molecule has 0 saturated carbocycles. The summed E-state index contributed by atoms with van der Waals surface area (Å²) in [6.45, 7) is 7.24. The van der Waals surface area contributed by atoms with Crippen LogP contribution in [0.5, 0.6) is 0 Å². The van der Waals surface area contributed by atoms with Crippen LogP contribution in [0.1, 0.15) is 62.2 Å². The minimum absolute atomic E-state index is 0.00760. The van der Waals surface area contributed by atoms with Crippen LogP contribution in [0.2, 0.25) is 5.82 Å². The van der Waals surface area contributed by atoms with E-state index in [1.54, 1.807) is 6.92 Å². The van der Waals surface area contributed by atoms with Crippen LogP contribution in [0.25, 0.3) is 0 Å². The second kappa shape index (κ2) is 10.5. The van der Waals surface area contributed by atoms with Crippen molar-refractivity contribution in [2.75, 3.05) is 19.8 Å². The molecule has 1 N–H and O–H groups in total. The van der Waals surface area contributed by atoms with Crippen LogP contribution < -0.4 is 5.32 Å². The summed E-state index contributed by atoms with van der Waals surface area (Å²) in [6, 6.07) is 1.54. The molecule has 2 heterocycles. The van der Waals surface area contributed by atoms with Crippen molar-refractivity contribution in [3.8, 4) is 0 Å². The van der Waals surface area contributed by atoms with Gasteiger partial charge in [-0.25, -0.2) is 0 Å². The Balaban J connectivity index is 1.87. The van der Waals surface area contributed by atoms with Gasteiger partial charge in [0.05, 0.1) is 6.54 Å². The Hall–Kier alpha value is -1.67. The van der Waals surface area contributed by atoms with Gasteiger partial charge in [0.15, 0.2) is 11.5 Å². The summed E-state index contributed by atoms with van der Waals surface area (Å²) >= 11 is 0. The highest BCUT2D eigenvalue weighted by atomic mass is 16.6. The first kappa shape index (κ1) is 20.6. The number of carbonyl (C=O) groups excluding carboxylic acids is 2. The maximum Gasteiger partial charge on any atom is 0.460 e. The maximum atomic E-state index is 12.4. The Morgan fingerprint density at radius 3 is 2.50 bits per heavy atom. The summed E-state index contributed by atoms with van der Waals surface area (Å²) in [4.78, 5) is 24.4. The van der Waals surface area contributed by atoms with Gasteiger partial charge in [-0.15, -0.1) is 0 Å². The molecule has 7 nitrogen and oxygen atoms in total. The second-order valence-electron chi connectivity index (χ2n) is 7.31. The molecule has 144 valence electrons. The number of hydrogen-bond acceptors (Lipinski definition) is 6. The Morgan fingerprint density at radius 1 is 1.23 bits per heavy atom. The molecule has 0 aromatic carbocycles. The standard InChI is InChI=1S/C18H29BN2O5/c1-13(2)9-15(19-24-7-5-4-6-8-25-19)11-16(22)12-20-18(23)17-10-14(3)26-21-17/h10,13,15H,4-9,11-12H2,1-3H3,(H,20,23)/t15-/m1/s1. The summed E-state index contributed by atoms with van der Waals surface area (Å²) < 4.78 is 16.6. The molecule has 1 aliphatic heterocycles. The van der Waals surface area contributed by atoms with Crippen LogP contribution in [0.3, 0.4) is 0 Å². The normalized spacial score (nSPS) is 16.8. The van der Waals surface area contributed by atoms with E-state index in [0.717, 1.165) is 25.7 Å². The van der Waals surface area contributed by atoms with Crippen molar-refractivity contribution >= 4 is 18.8 Å². The fourth-order valence-corrected chi connectivity index (χ4v) is 3.10. The van der Waals surface area contributed by atoms with Crippen LogP contribution in [0.4, 0.5) is 0 Å². The Labute approximate surface area is 155 Å². The Morgan fingerprint density at radius 2 is 1.92 bits per heavy atom. The lowest BCUT2D eigenvalue weighted by Gasteiger charge is -2.26. The zero-order valence-electron chi connectivity index (χ0n) is 16.0. The fraction of sp³-hybridized carbons (Fsp3) is 0.722. The molecule has 1 amide bonds. The molecule has 0 spiro atoms. The highest BCUT2D eigenvalue weighted by Crippen LogP contribution is 2.27. The van der Waals surface area contributed by atoms with Crippen molar-refractivity contribution in [2.24, 2.45) is 5.92 Å². The van der Waals surface area contributed by atoms with Crippen molar-refractivity contribution in [1.82, 2.24) is 10.5 Å². The van der Waals surface area contributed by atoms with E-state index in [9.17, 15) is 9.59 Å². The SMILES string of the molecule is Cc1cc(C(=O)NCC(=O)C[C@@H](CC(C)C)B2OCCCCCO2)no1. The molecule has 26 heavy (non-hydrogen) atoms. The molecule has 1 atom stereocenters. The lowest BCUT2D eigenvalue weighted by Crippen LogP contribution is -2.36. The van der Waals surface area contributed by atoms with E-state index in [0.29, 0.717) is 31.3 Å². The summed E-state index contributed by atoms with van der Waals surface area (Å²) in [5.74, 6) is 0.523. The molecule has 0 bridgehead atoms. The number of aryl methyl sites for hydroxylation is 1. The van der Waals surface area contributed by atoms with Crippen LogP contribution in [0, 0.1) is 12.8 Å². The highest BCUT2D eigenvalue weighted by molar-refractivity contribution is 6.46. The molecule has 0 aliphatic carbocycles. The van der Waals surface area contributed by atoms with E-state index in [2.05, 4.69) is 24.3 Å². The highest BCUT2D eigenvalue weighted by Gasteiger charge is 2.33. The first-order valence-corrected chi connectivity index (χ1v) is 9.42. The van der Waals surface area contributed by atoms with Gasteiger partial charge in [-0.2, -0.15) is 0 Å². The van der Waals surface area contributed by atoms with Gasteiger partial charge >= 0.3 is 7.12 Å². The monoisotopic (exact) mass is 364 g/mol. The minimum atomic E-state index is -0.408. The third-order valence-corrected chi connectivity index (χ3v) is 4.31. The number of aromatic nitrogens is 1. The van der Waals surface area contributed by atoms with Crippen LogP contribution in [0.15, 0.2) is 10.6 Å². The van der Waals surface area contributed by atoms with E-state index in [1.165, 1.54) is 6.07 Å². The van der Waals surface area contributed by atoms with Gasteiger partial charge in [0, 0.05) is 31.5 Å². The maximum absolute atomic E-state index is 12.4. The largest absolute Gasteiger partial charge is 0.460 e.